The lowest BCUT2D eigenvalue weighted by molar-refractivity contribution is -0.110. The molecule has 0 atom stereocenters. The molecule has 1 aliphatic heterocycles. The van der Waals surface area contributed by atoms with Crippen LogP contribution in [0.3, 0.4) is 0 Å². The predicted molar refractivity (Wildman–Crippen MR) is 97.2 cm³/mol. The van der Waals surface area contributed by atoms with E-state index in [1.165, 1.54) is 0 Å². The number of aromatic nitrogens is 1. The highest BCUT2D eigenvalue weighted by Crippen LogP contribution is 2.37. The Hall–Kier alpha value is -2.83. The Labute approximate surface area is 145 Å². The van der Waals surface area contributed by atoms with Gasteiger partial charge in [0.15, 0.2) is 0 Å². The summed E-state index contributed by atoms with van der Waals surface area (Å²) in [6.07, 6.45) is 7.33. The molecule has 0 spiro atoms. The van der Waals surface area contributed by atoms with Crippen molar-refractivity contribution < 1.29 is 19.4 Å². The highest BCUT2D eigenvalue weighted by atomic mass is 16.5. The van der Waals surface area contributed by atoms with E-state index in [9.17, 15) is 4.79 Å². The monoisotopic (exact) mass is 340 g/mol. The molecule has 0 unspecified atom stereocenters. The molecule has 0 radical (unpaired) electrons. The summed E-state index contributed by atoms with van der Waals surface area (Å²) in [6.45, 7) is 0.696. The second-order valence-corrected chi connectivity index (χ2v) is 5.44. The van der Waals surface area contributed by atoms with E-state index < -0.39 is 0 Å². The molecule has 3 rings (SSSR count). The van der Waals surface area contributed by atoms with Gasteiger partial charge >= 0.3 is 0 Å². The highest BCUT2D eigenvalue weighted by molar-refractivity contribution is 6.35. The Morgan fingerprint density at radius 3 is 2.96 bits per heavy atom. The zero-order valence-corrected chi connectivity index (χ0v) is 13.9. The van der Waals surface area contributed by atoms with Crippen LogP contribution >= 0.6 is 0 Å². The molecule has 3 N–H and O–H groups in total. The van der Waals surface area contributed by atoms with E-state index >= 15 is 0 Å². The summed E-state index contributed by atoms with van der Waals surface area (Å²) in [4.78, 5) is 15.5. The number of benzene rings is 1. The minimum absolute atomic E-state index is 0.00212. The molecule has 25 heavy (non-hydrogen) atoms. The van der Waals surface area contributed by atoms with Crippen molar-refractivity contribution in [1.82, 2.24) is 4.98 Å². The molecule has 1 aliphatic rings. The Balaban J connectivity index is 1.94. The van der Waals surface area contributed by atoms with Crippen molar-refractivity contribution in [1.29, 1.82) is 0 Å². The van der Waals surface area contributed by atoms with Crippen molar-refractivity contribution in [2.75, 3.05) is 32.2 Å². The van der Waals surface area contributed by atoms with Crippen molar-refractivity contribution in [3.8, 4) is 5.75 Å². The van der Waals surface area contributed by atoms with E-state index in [0.717, 1.165) is 22.5 Å². The van der Waals surface area contributed by atoms with Crippen LogP contribution in [0.25, 0.3) is 17.7 Å². The van der Waals surface area contributed by atoms with Crippen molar-refractivity contribution in [3.63, 3.8) is 0 Å². The normalized spacial score (nSPS) is 15.0. The van der Waals surface area contributed by atoms with Crippen LogP contribution in [0.4, 0.5) is 5.69 Å². The molecule has 0 saturated carbocycles. The number of H-pyrrole nitrogens is 1. The molecule has 2 heterocycles. The van der Waals surface area contributed by atoms with Gasteiger partial charge in [-0.25, -0.2) is 0 Å². The molecule has 6 nitrogen and oxygen atoms in total. The third-order valence-electron chi connectivity index (χ3n) is 3.85. The first-order chi connectivity index (χ1) is 12.2. The number of hydrogen-bond acceptors (Lipinski definition) is 4. The summed E-state index contributed by atoms with van der Waals surface area (Å²) in [7, 11) is 1.59. The van der Waals surface area contributed by atoms with E-state index in [1.807, 2.05) is 36.4 Å². The second kappa shape index (κ2) is 7.83. The fourth-order valence-corrected chi connectivity index (χ4v) is 2.75. The lowest BCUT2D eigenvalue weighted by Crippen LogP contribution is -2.03. The quantitative estimate of drug-likeness (QED) is 0.534. The first-order valence-electron chi connectivity index (χ1n) is 7.97. The topological polar surface area (TPSA) is 83.6 Å². The first-order valence-corrected chi connectivity index (χ1v) is 7.97. The number of anilines is 1. The maximum Gasteiger partial charge on any atom is 0.256 e. The van der Waals surface area contributed by atoms with Gasteiger partial charge in [-0.1, -0.05) is 24.3 Å². The summed E-state index contributed by atoms with van der Waals surface area (Å²) in [5, 5.41) is 11.6. The van der Waals surface area contributed by atoms with Crippen LogP contribution in [0.15, 0.2) is 36.5 Å². The van der Waals surface area contributed by atoms with Gasteiger partial charge in [-0.2, -0.15) is 0 Å². The third-order valence-corrected chi connectivity index (χ3v) is 3.85. The van der Waals surface area contributed by atoms with Gasteiger partial charge in [-0.3, -0.25) is 4.79 Å². The number of ether oxygens (including phenoxy) is 2. The van der Waals surface area contributed by atoms with E-state index in [1.54, 1.807) is 19.4 Å². The number of aromatic amines is 1. The molecular formula is C19H20N2O4. The summed E-state index contributed by atoms with van der Waals surface area (Å²) in [5.41, 5.74) is 3.86. The Kier molecular flexibility index (Phi) is 5.33. The summed E-state index contributed by atoms with van der Waals surface area (Å²) < 4.78 is 10.5. The number of rotatable bonds is 7. The largest absolute Gasteiger partial charge is 0.495 e. The molecule has 0 fully saturated rings. The Bertz CT molecular complexity index is 821. The standard InChI is InChI=1S/C19H20N2O4/c1-24-17-7-8-20-16(17)12-14-18-13(5-3-10-25-11-9-22)4-2-6-15(18)21-19(14)23/h2-8,12,20,22H,9-11H2,1H3,(H,21,23)/b5-3?,14-12-. The smallest absolute Gasteiger partial charge is 0.256 e. The summed E-state index contributed by atoms with van der Waals surface area (Å²) in [5.74, 6) is 0.531. The number of methoxy groups -OCH3 is 1. The number of aliphatic hydroxyl groups excluding tert-OH is 1. The number of fused-ring (bicyclic) bond motifs is 1. The van der Waals surface area contributed by atoms with E-state index in [0.29, 0.717) is 24.5 Å². The minimum Gasteiger partial charge on any atom is -0.495 e. The van der Waals surface area contributed by atoms with Crippen LogP contribution in [0.1, 0.15) is 16.8 Å². The minimum atomic E-state index is -0.149. The van der Waals surface area contributed by atoms with Gasteiger partial charge in [0.05, 0.1) is 38.2 Å². The fraction of sp³-hybridized carbons (Fsp3) is 0.211. The van der Waals surface area contributed by atoms with E-state index in [4.69, 9.17) is 14.6 Å². The average molecular weight is 340 g/mol. The lowest BCUT2D eigenvalue weighted by Gasteiger charge is -2.05. The van der Waals surface area contributed by atoms with Gasteiger partial charge in [-0.05, 0) is 23.8 Å². The van der Waals surface area contributed by atoms with Crippen LogP contribution in [-0.4, -0.2) is 42.9 Å². The van der Waals surface area contributed by atoms with Gasteiger partial charge in [0.2, 0.25) is 0 Å². The van der Waals surface area contributed by atoms with Crippen LogP contribution in [0.5, 0.6) is 5.75 Å². The summed E-state index contributed by atoms with van der Waals surface area (Å²) in [6, 6.07) is 7.52. The van der Waals surface area contributed by atoms with Crippen molar-refractivity contribution in [2.24, 2.45) is 0 Å². The summed E-state index contributed by atoms with van der Waals surface area (Å²) >= 11 is 0. The highest BCUT2D eigenvalue weighted by Gasteiger charge is 2.26. The van der Waals surface area contributed by atoms with Gasteiger partial charge in [0.25, 0.3) is 5.91 Å². The van der Waals surface area contributed by atoms with Crippen LogP contribution in [0, 0.1) is 0 Å². The Morgan fingerprint density at radius 1 is 1.28 bits per heavy atom. The van der Waals surface area contributed by atoms with Crippen molar-refractivity contribution in [2.45, 2.75) is 0 Å². The van der Waals surface area contributed by atoms with Crippen LogP contribution in [-0.2, 0) is 9.53 Å². The van der Waals surface area contributed by atoms with Gasteiger partial charge < -0.3 is 24.9 Å². The molecule has 1 aromatic carbocycles. The average Bonchev–Trinajstić information content (AvgIpc) is 3.19. The predicted octanol–water partition coefficient (Wildman–Crippen LogP) is 2.54. The maximum absolute atomic E-state index is 12.4. The molecule has 6 heteroatoms. The molecule has 2 aromatic rings. The number of carbonyl (C=O) groups excluding carboxylic acids is 1. The third kappa shape index (κ3) is 3.65. The van der Waals surface area contributed by atoms with E-state index in [-0.39, 0.29) is 12.5 Å². The van der Waals surface area contributed by atoms with Crippen molar-refractivity contribution >= 4 is 29.3 Å². The Morgan fingerprint density at radius 2 is 2.16 bits per heavy atom. The fourth-order valence-electron chi connectivity index (χ4n) is 2.75. The number of carbonyl (C=O) groups is 1. The molecule has 130 valence electrons. The second-order valence-electron chi connectivity index (χ2n) is 5.44. The SMILES string of the molecule is COc1cc[nH]c1/C=C1\C(=O)Nc2cccc(C=CCOCCO)c21. The zero-order valence-electron chi connectivity index (χ0n) is 13.9. The van der Waals surface area contributed by atoms with Gasteiger partial charge in [0, 0.05) is 17.4 Å². The molecule has 0 bridgehead atoms. The van der Waals surface area contributed by atoms with E-state index in [2.05, 4.69) is 10.3 Å². The molecule has 1 amide bonds. The number of nitrogens with one attached hydrogen (secondary N) is 2. The van der Waals surface area contributed by atoms with Gasteiger partial charge in [0.1, 0.15) is 5.75 Å². The van der Waals surface area contributed by atoms with Crippen LogP contribution in [0.2, 0.25) is 0 Å². The number of amides is 1. The van der Waals surface area contributed by atoms with Crippen LogP contribution < -0.4 is 10.1 Å². The lowest BCUT2D eigenvalue weighted by atomic mass is 9.99. The molecular weight excluding hydrogens is 320 g/mol. The number of hydrogen-bond donors (Lipinski definition) is 3. The molecule has 0 saturated heterocycles. The van der Waals surface area contributed by atoms with Crippen molar-refractivity contribution in [3.05, 3.63) is 53.4 Å². The number of aliphatic hydroxyl groups is 1. The van der Waals surface area contributed by atoms with Gasteiger partial charge in [-0.15, -0.1) is 0 Å². The zero-order chi connectivity index (χ0) is 17.6. The molecule has 0 aliphatic carbocycles. The first kappa shape index (κ1) is 17.0. The molecule has 1 aromatic heterocycles. The maximum atomic E-state index is 12.4.